The summed E-state index contributed by atoms with van der Waals surface area (Å²) in [5.41, 5.74) is 0.667. The van der Waals surface area contributed by atoms with E-state index >= 15 is 0 Å². The lowest BCUT2D eigenvalue weighted by molar-refractivity contribution is -0.152. The second-order valence-electron chi connectivity index (χ2n) is 8.05. The highest BCUT2D eigenvalue weighted by Crippen LogP contribution is 2.60. The van der Waals surface area contributed by atoms with E-state index in [4.69, 9.17) is 5.41 Å². The molecule has 5 heteroatoms. The second-order valence-corrected chi connectivity index (χ2v) is 9.29. The third kappa shape index (κ3) is 2.85. The summed E-state index contributed by atoms with van der Waals surface area (Å²) in [5, 5.41) is 11.4. The maximum atomic E-state index is 13.2. The SMILES string of the molecule is CN(C(=N)Nc1cccc(I)c1)C(=O)C12CC3CC(CC(C3)C1)C2. The number of benzene rings is 1. The van der Waals surface area contributed by atoms with Crippen molar-refractivity contribution in [2.75, 3.05) is 12.4 Å². The number of guanidine groups is 1. The predicted octanol–water partition coefficient (Wildman–Crippen LogP) is 4.31. The molecule has 0 heterocycles. The molecule has 0 aliphatic heterocycles. The van der Waals surface area contributed by atoms with Crippen molar-refractivity contribution in [3.05, 3.63) is 27.8 Å². The van der Waals surface area contributed by atoms with Gasteiger partial charge in [-0.2, -0.15) is 0 Å². The van der Waals surface area contributed by atoms with Crippen LogP contribution in [-0.2, 0) is 4.79 Å². The Morgan fingerprint density at radius 1 is 1.21 bits per heavy atom. The number of nitrogens with one attached hydrogen (secondary N) is 2. The normalized spacial score (nSPS) is 33.3. The Kier molecular flexibility index (Phi) is 4.09. The van der Waals surface area contributed by atoms with Crippen molar-refractivity contribution >= 4 is 40.1 Å². The van der Waals surface area contributed by atoms with Crippen LogP contribution in [0.3, 0.4) is 0 Å². The van der Waals surface area contributed by atoms with Crippen molar-refractivity contribution in [3.8, 4) is 0 Å². The number of carbonyl (C=O) groups is 1. The van der Waals surface area contributed by atoms with Crippen LogP contribution in [0.15, 0.2) is 24.3 Å². The second kappa shape index (κ2) is 6.00. The zero-order valence-corrected chi connectivity index (χ0v) is 16.2. The molecule has 0 atom stereocenters. The van der Waals surface area contributed by atoms with Gasteiger partial charge in [0.05, 0.1) is 5.41 Å². The van der Waals surface area contributed by atoms with Gasteiger partial charge in [0.2, 0.25) is 11.9 Å². The molecule has 5 rings (SSSR count). The predicted molar refractivity (Wildman–Crippen MR) is 104 cm³/mol. The Morgan fingerprint density at radius 3 is 2.33 bits per heavy atom. The van der Waals surface area contributed by atoms with Gasteiger partial charge in [0.15, 0.2) is 0 Å². The van der Waals surface area contributed by atoms with Gasteiger partial charge in [0.1, 0.15) is 0 Å². The van der Waals surface area contributed by atoms with E-state index in [2.05, 4.69) is 27.9 Å². The monoisotopic (exact) mass is 437 g/mol. The van der Waals surface area contributed by atoms with E-state index in [0.29, 0.717) is 0 Å². The van der Waals surface area contributed by atoms with Gasteiger partial charge in [-0.25, -0.2) is 0 Å². The van der Waals surface area contributed by atoms with Crippen molar-refractivity contribution in [1.29, 1.82) is 5.41 Å². The first-order valence-electron chi connectivity index (χ1n) is 8.84. The van der Waals surface area contributed by atoms with Crippen LogP contribution in [0.5, 0.6) is 0 Å². The van der Waals surface area contributed by atoms with E-state index in [-0.39, 0.29) is 17.3 Å². The highest BCUT2D eigenvalue weighted by Gasteiger charge is 2.55. The zero-order valence-electron chi connectivity index (χ0n) is 14.0. The number of halogens is 1. The van der Waals surface area contributed by atoms with Crippen LogP contribution in [0.25, 0.3) is 0 Å². The Hall–Kier alpha value is -1.11. The fraction of sp³-hybridized carbons (Fsp3) is 0.579. The van der Waals surface area contributed by atoms with Crippen LogP contribution in [0.4, 0.5) is 5.69 Å². The fourth-order valence-corrected chi connectivity index (χ4v) is 6.16. The summed E-state index contributed by atoms with van der Waals surface area (Å²) in [5.74, 6) is 2.56. The fourth-order valence-electron chi connectivity index (χ4n) is 5.62. The molecule has 1 aromatic carbocycles. The molecular formula is C19H24IN3O. The maximum Gasteiger partial charge on any atom is 0.235 e. The molecule has 0 radical (unpaired) electrons. The maximum absolute atomic E-state index is 13.2. The lowest BCUT2D eigenvalue weighted by Gasteiger charge is -2.56. The van der Waals surface area contributed by atoms with Crippen LogP contribution in [0.2, 0.25) is 0 Å². The van der Waals surface area contributed by atoms with Gasteiger partial charge >= 0.3 is 0 Å². The largest absolute Gasteiger partial charge is 0.326 e. The van der Waals surface area contributed by atoms with Crippen molar-refractivity contribution in [1.82, 2.24) is 4.90 Å². The Bertz CT molecular complexity index is 652. The van der Waals surface area contributed by atoms with Crippen LogP contribution in [0.1, 0.15) is 38.5 Å². The van der Waals surface area contributed by atoms with Gasteiger partial charge in [-0.05, 0) is 97.1 Å². The standard InChI is InChI=1S/C19H24IN3O/c1-23(18(21)22-16-4-2-3-15(20)8-16)17(24)19-9-12-5-13(10-19)7-14(6-12)11-19/h2-4,8,12-14H,5-7,9-11H2,1H3,(H2,21,22). The average molecular weight is 437 g/mol. The number of nitrogens with zero attached hydrogens (tertiary/aromatic N) is 1. The molecule has 0 aromatic heterocycles. The van der Waals surface area contributed by atoms with Gasteiger partial charge in [-0.15, -0.1) is 0 Å². The number of anilines is 1. The molecule has 24 heavy (non-hydrogen) atoms. The molecule has 0 saturated heterocycles. The van der Waals surface area contributed by atoms with Gasteiger partial charge in [-0.1, -0.05) is 6.07 Å². The molecule has 128 valence electrons. The van der Waals surface area contributed by atoms with E-state index in [1.807, 2.05) is 24.3 Å². The molecule has 4 aliphatic rings. The number of rotatable bonds is 2. The highest BCUT2D eigenvalue weighted by molar-refractivity contribution is 14.1. The van der Waals surface area contributed by atoms with Gasteiger partial charge < -0.3 is 5.32 Å². The van der Waals surface area contributed by atoms with E-state index < -0.39 is 0 Å². The summed E-state index contributed by atoms with van der Waals surface area (Å²) in [6.07, 6.45) is 7.10. The average Bonchev–Trinajstić information content (AvgIpc) is 2.52. The Balaban J connectivity index is 1.48. The van der Waals surface area contributed by atoms with E-state index in [0.717, 1.165) is 46.3 Å². The number of hydrogen-bond donors (Lipinski definition) is 2. The van der Waals surface area contributed by atoms with E-state index in [9.17, 15) is 4.79 Å². The number of hydrogen-bond acceptors (Lipinski definition) is 2. The van der Waals surface area contributed by atoms with Crippen molar-refractivity contribution in [2.45, 2.75) is 38.5 Å². The van der Waals surface area contributed by atoms with Crippen LogP contribution >= 0.6 is 22.6 Å². The van der Waals surface area contributed by atoms with Gasteiger partial charge in [-0.3, -0.25) is 15.1 Å². The first kappa shape index (κ1) is 16.4. The third-order valence-corrected chi connectivity index (χ3v) is 6.89. The quantitative estimate of drug-likeness (QED) is 0.412. The summed E-state index contributed by atoms with van der Waals surface area (Å²) in [7, 11) is 1.75. The molecule has 4 fully saturated rings. The molecule has 1 aromatic rings. The minimum atomic E-state index is -0.192. The smallest absolute Gasteiger partial charge is 0.235 e. The first-order chi connectivity index (χ1) is 11.4. The summed E-state index contributed by atoms with van der Waals surface area (Å²) >= 11 is 2.25. The Labute approximate surface area is 157 Å². The van der Waals surface area contributed by atoms with E-state index in [1.54, 1.807) is 11.9 Å². The molecule has 0 unspecified atom stereocenters. The van der Waals surface area contributed by atoms with Crippen LogP contribution in [0, 0.1) is 32.1 Å². The molecule has 1 amide bonds. The molecule has 4 nitrogen and oxygen atoms in total. The molecule has 4 aliphatic carbocycles. The van der Waals surface area contributed by atoms with Crippen molar-refractivity contribution in [2.24, 2.45) is 23.2 Å². The molecular weight excluding hydrogens is 413 g/mol. The molecule has 2 N–H and O–H groups in total. The van der Waals surface area contributed by atoms with E-state index in [1.165, 1.54) is 19.3 Å². The molecule has 4 bridgehead atoms. The third-order valence-electron chi connectivity index (χ3n) is 6.22. The molecule has 0 spiro atoms. The van der Waals surface area contributed by atoms with Gasteiger partial charge in [0.25, 0.3) is 0 Å². The lowest BCUT2D eigenvalue weighted by Crippen LogP contribution is -2.55. The first-order valence-corrected chi connectivity index (χ1v) is 9.92. The van der Waals surface area contributed by atoms with Crippen LogP contribution < -0.4 is 5.32 Å². The summed E-state index contributed by atoms with van der Waals surface area (Å²) in [4.78, 5) is 14.8. The van der Waals surface area contributed by atoms with Crippen LogP contribution in [-0.4, -0.2) is 23.8 Å². The van der Waals surface area contributed by atoms with Crippen molar-refractivity contribution < 1.29 is 4.79 Å². The zero-order chi connectivity index (χ0) is 16.9. The minimum Gasteiger partial charge on any atom is -0.326 e. The minimum absolute atomic E-state index is 0.157. The number of carbonyl (C=O) groups excluding carboxylic acids is 1. The lowest BCUT2D eigenvalue weighted by atomic mass is 9.49. The number of amides is 1. The molecule has 4 saturated carbocycles. The van der Waals surface area contributed by atoms with Crippen molar-refractivity contribution in [3.63, 3.8) is 0 Å². The summed E-state index contributed by atoms with van der Waals surface area (Å²) in [6, 6.07) is 7.88. The summed E-state index contributed by atoms with van der Waals surface area (Å²) < 4.78 is 1.11. The topological polar surface area (TPSA) is 56.2 Å². The summed E-state index contributed by atoms with van der Waals surface area (Å²) in [6.45, 7) is 0. The Morgan fingerprint density at radius 2 is 1.79 bits per heavy atom. The highest BCUT2D eigenvalue weighted by atomic mass is 127. The van der Waals surface area contributed by atoms with Gasteiger partial charge in [0, 0.05) is 16.3 Å².